The molecule has 0 aliphatic rings. The summed E-state index contributed by atoms with van der Waals surface area (Å²) in [7, 11) is 5.89. The van der Waals surface area contributed by atoms with Crippen molar-refractivity contribution in [1.82, 2.24) is 15.5 Å². The fourth-order valence-corrected chi connectivity index (χ4v) is 2.64. The number of aliphatic imine (C=N–C) groups is 1. The normalized spacial score (nSPS) is 11.8. The lowest BCUT2D eigenvalue weighted by Crippen LogP contribution is -2.38. The first-order valence-corrected chi connectivity index (χ1v) is 8.81. The maximum Gasteiger partial charge on any atom is 0.191 e. The van der Waals surface area contributed by atoms with Crippen LogP contribution >= 0.6 is 11.8 Å². The molecule has 0 aliphatic carbocycles. The summed E-state index contributed by atoms with van der Waals surface area (Å²) in [6.07, 6.45) is 3.08. The minimum absolute atomic E-state index is 0.181. The van der Waals surface area contributed by atoms with Crippen LogP contribution in [-0.4, -0.2) is 51.3 Å². The molecule has 6 heteroatoms. The van der Waals surface area contributed by atoms with Crippen molar-refractivity contribution in [2.24, 2.45) is 4.99 Å². The summed E-state index contributed by atoms with van der Waals surface area (Å²) in [6.45, 7) is 2.56. The molecular weight excluding hydrogens is 299 g/mol. The summed E-state index contributed by atoms with van der Waals surface area (Å²) in [4.78, 5) is 6.37. The fourth-order valence-electron chi connectivity index (χ4n) is 2.06. The minimum atomic E-state index is -0.181. The van der Waals surface area contributed by atoms with Gasteiger partial charge in [-0.2, -0.15) is 11.8 Å². The van der Waals surface area contributed by atoms with Crippen molar-refractivity contribution in [2.75, 3.05) is 40.5 Å². The van der Waals surface area contributed by atoms with Gasteiger partial charge in [0.05, 0.1) is 0 Å². The zero-order valence-electron chi connectivity index (χ0n) is 13.9. The third kappa shape index (κ3) is 7.13. The van der Waals surface area contributed by atoms with Gasteiger partial charge in [0, 0.05) is 25.9 Å². The van der Waals surface area contributed by atoms with Crippen LogP contribution in [-0.2, 0) is 12.3 Å². The van der Waals surface area contributed by atoms with Crippen LogP contribution in [0.1, 0.15) is 17.5 Å². The van der Waals surface area contributed by atoms with E-state index in [9.17, 15) is 4.39 Å². The molecule has 0 fully saturated rings. The Morgan fingerprint density at radius 3 is 2.68 bits per heavy atom. The van der Waals surface area contributed by atoms with Crippen molar-refractivity contribution < 1.29 is 4.39 Å². The number of nitrogens with one attached hydrogen (secondary N) is 2. The van der Waals surface area contributed by atoms with Crippen molar-refractivity contribution in [3.05, 3.63) is 35.1 Å². The van der Waals surface area contributed by atoms with Crippen molar-refractivity contribution in [3.8, 4) is 0 Å². The van der Waals surface area contributed by atoms with E-state index in [-0.39, 0.29) is 5.82 Å². The van der Waals surface area contributed by atoms with Gasteiger partial charge in [-0.15, -0.1) is 0 Å². The molecule has 1 aromatic rings. The lowest BCUT2D eigenvalue weighted by Gasteiger charge is -2.15. The van der Waals surface area contributed by atoms with Gasteiger partial charge in [-0.1, -0.05) is 6.07 Å². The Hall–Kier alpha value is -1.27. The van der Waals surface area contributed by atoms with E-state index in [0.29, 0.717) is 6.54 Å². The minimum Gasteiger partial charge on any atom is -0.356 e. The van der Waals surface area contributed by atoms with Gasteiger partial charge in [0.15, 0.2) is 5.96 Å². The lowest BCUT2D eigenvalue weighted by atomic mass is 10.1. The molecule has 0 aliphatic heterocycles. The second-order valence-corrected chi connectivity index (χ2v) is 6.22. The number of nitrogens with zero attached hydrogens (tertiary/aromatic N) is 2. The molecule has 0 unspecified atom stereocenters. The standard InChI is InChI=1S/C16H27FN4S/c1-18-16(19-8-5-9-21(2)3)20-11-13-6-7-15(17)10-14(13)12-22-4/h6-7,10H,5,8-9,11-12H2,1-4H3,(H2,18,19,20). The predicted molar refractivity (Wildman–Crippen MR) is 95.0 cm³/mol. The van der Waals surface area contributed by atoms with E-state index in [4.69, 9.17) is 0 Å². The van der Waals surface area contributed by atoms with Gasteiger partial charge in [0.25, 0.3) is 0 Å². The number of guanidine groups is 1. The van der Waals surface area contributed by atoms with E-state index in [1.54, 1.807) is 24.9 Å². The molecule has 0 saturated heterocycles. The third-order valence-electron chi connectivity index (χ3n) is 3.21. The number of thioether (sulfide) groups is 1. The predicted octanol–water partition coefficient (Wildman–Crippen LogP) is 2.31. The Kier molecular flexibility index (Phi) is 8.92. The number of hydrogen-bond acceptors (Lipinski definition) is 3. The highest BCUT2D eigenvalue weighted by atomic mass is 32.2. The summed E-state index contributed by atoms with van der Waals surface area (Å²) in [5.41, 5.74) is 2.13. The highest BCUT2D eigenvalue weighted by Gasteiger charge is 2.05. The van der Waals surface area contributed by atoms with Gasteiger partial charge < -0.3 is 15.5 Å². The Bertz CT molecular complexity index is 477. The first kappa shape index (κ1) is 18.8. The topological polar surface area (TPSA) is 39.7 Å². The van der Waals surface area contributed by atoms with Gasteiger partial charge >= 0.3 is 0 Å². The average Bonchev–Trinajstić information content (AvgIpc) is 2.48. The average molecular weight is 326 g/mol. The smallest absolute Gasteiger partial charge is 0.191 e. The van der Waals surface area contributed by atoms with E-state index in [1.807, 2.05) is 12.3 Å². The summed E-state index contributed by atoms with van der Waals surface area (Å²) >= 11 is 1.69. The van der Waals surface area contributed by atoms with Gasteiger partial charge in [-0.25, -0.2) is 4.39 Å². The Morgan fingerprint density at radius 1 is 1.27 bits per heavy atom. The number of halogens is 1. The second kappa shape index (κ2) is 10.5. The molecule has 0 aromatic heterocycles. The molecule has 0 heterocycles. The van der Waals surface area contributed by atoms with Crippen LogP contribution in [0.15, 0.2) is 23.2 Å². The van der Waals surface area contributed by atoms with Crippen molar-refractivity contribution in [2.45, 2.75) is 18.7 Å². The number of benzene rings is 1. The molecule has 1 aromatic carbocycles. The monoisotopic (exact) mass is 326 g/mol. The zero-order valence-corrected chi connectivity index (χ0v) is 14.8. The first-order chi connectivity index (χ1) is 10.6. The highest BCUT2D eigenvalue weighted by molar-refractivity contribution is 7.97. The van der Waals surface area contributed by atoms with Crippen molar-refractivity contribution in [3.63, 3.8) is 0 Å². The first-order valence-electron chi connectivity index (χ1n) is 7.42. The van der Waals surface area contributed by atoms with Crippen LogP contribution < -0.4 is 10.6 Å². The van der Waals surface area contributed by atoms with Gasteiger partial charge in [0.2, 0.25) is 0 Å². The lowest BCUT2D eigenvalue weighted by molar-refractivity contribution is 0.399. The molecule has 0 amide bonds. The molecule has 0 saturated carbocycles. The molecule has 0 radical (unpaired) electrons. The van der Waals surface area contributed by atoms with E-state index < -0.39 is 0 Å². The molecular formula is C16H27FN4S. The van der Waals surface area contributed by atoms with Crippen molar-refractivity contribution in [1.29, 1.82) is 0 Å². The van der Waals surface area contributed by atoms with Gasteiger partial charge in [0.1, 0.15) is 5.82 Å². The fraction of sp³-hybridized carbons (Fsp3) is 0.562. The summed E-state index contributed by atoms with van der Waals surface area (Å²) in [5, 5.41) is 6.58. The summed E-state index contributed by atoms with van der Waals surface area (Å²) < 4.78 is 13.3. The van der Waals surface area contributed by atoms with E-state index in [0.717, 1.165) is 42.3 Å². The third-order valence-corrected chi connectivity index (χ3v) is 3.81. The maximum atomic E-state index is 13.3. The van der Waals surface area contributed by atoms with Crippen LogP contribution in [0.5, 0.6) is 0 Å². The van der Waals surface area contributed by atoms with E-state index in [2.05, 4.69) is 34.6 Å². The van der Waals surface area contributed by atoms with Crippen LogP contribution in [0, 0.1) is 5.82 Å². The molecule has 124 valence electrons. The summed E-state index contributed by atoms with van der Waals surface area (Å²) in [5.74, 6) is 1.40. The molecule has 2 N–H and O–H groups in total. The zero-order chi connectivity index (χ0) is 16.4. The van der Waals surface area contributed by atoms with Crippen LogP contribution in [0.3, 0.4) is 0 Å². The highest BCUT2D eigenvalue weighted by Crippen LogP contribution is 2.16. The van der Waals surface area contributed by atoms with Crippen LogP contribution in [0.2, 0.25) is 0 Å². The van der Waals surface area contributed by atoms with E-state index in [1.165, 1.54) is 6.07 Å². The van der Waals surface area contributed by atoms with Crippen molar-refractivity contribution >= 4 is 17.7 Å². The maximum absolute atomic E-state index is 13.3. The number of rotatable bonds is 8. The SMILES string of the molecule is CN=C(NCCCN(C)C)NCc1ccc(F)cc1CSC. The van der Waals surface area contributed by atoms with Gasteiger partial charge in [-0.3, -0.25) is 4.99 Å². The van der Waals surface area contributed by atoms with E-state index >= 15 is 0 Å². The van der Waals surface area contributed by atoms with Gasteiger partial charge in [-0.05, 0) is 56.6 Å². The quantitative estimate of drug-likeness (QED) is 0.437. The molecule has 0 atom stereocenters. The molecule has 22 heavy (non-hydrogen) atoms. The van der Waals surface area contributed by atoms with Crippen LogP contribution in [0.25, 0.3) is 0 Å². The second-order valence-electron chi connectivity index (χ2n) is 5.36. The van der Waals surface area contributed by atoms with Crippen LogP contribution in [0.4, 0.5) is 4.39 Å². The largest absolute Gasteiger partial charge is 0.356 e. The number of hydrogen-bond donors (Lipinski definition) is 2. The Morgan fingerprint density at radius 2 is 2.05 bits per heavy atom. The molecule has 4 nitrogen and oxygen atoms in total. The summed E-state index contributed by atoms with van der Waals surface area (Å²) in [6, 6.07) is 4.96. The molecule has 1 rings (SSSR count). The Labute approximate surface area is 137 Å². The molecule has 0 spiro atoms. The Balaban J connectivity index is 2.49. The molecule has 0 bridgehead atoms.